The number of hydrogen-bond donors (Lipinski definition) is 0. The summed E-state index contributed by atoms with van der Waals surface area (Å²) in [5, 5.41) is 1.38. The highest BCUT2D eigenvalue weighted by Crippen LogP contribution is 2.61. The number of nitrogens with zero attached hydrogens (tertiary/aromatic N) is 1. The Morgan fingerprint density at radius 3 is 1.70 bits per heavy atom. The molecule has 0 aliphatic rings. The number of hydrogen-bond acceptors (Lipinski definition) is 1. The van der Waals surface area contributed by atoms with E-state index in [0.717, 1.165) is 0 Å². The molecule has 1 unspecified atom stereocenters. The van der Waals surface area contributed by atoms with E-state index < -0.39 is 7.92 Å². The van der Waals surface area contributed by atoms with Crippen molar-refractivity contribution in [3.8, 4) is 0 Å². The lowest BCUT2D eigenvalue weighted by atomic mass is 10.2. The van der Waals surface area contributed by atoms with Crippen LogP contribution in [0.15, 0.2) is 24.3 Å². The number of alkyl halides is 2. The first-order valence-electron chi connectivity index (χ1n) is 6.84. The van der Waals surface area contributed by atoms with Crippen molar-refractivity contribution in [3.05, 3.63) is 24.3 Å². The summed E-state index contributed by atoms with van der Waals surface area (Å²) in [5.74, 6) is 0. The van der Waals surface area contributed by atoms with Crippen LogP contribution in [-0.2, 0) is 0 Å². The highest BCUT2D eigenvalue weighted by atomic mass is 35.5. The number of rotatable bonds is 4. The second kappa shape index (κ2) is 6.42. The van der Waals surface area contributed by atoms with Gasteiger partial charge in [-0.1, -0.05) is 54.7 Å². The van der Waals surface area contributed by atoms with Crippen LogP contribution in [0, 0.1) is 0 Å². The van der Waals surface area contributed by atoms with E-state index >= 15 is 0 Å². The van der Waals surface area contributed by atoms with Gasteiger partial charge in [0.05, 0.1) is 0 Å². The molecule has 0 spiro atoms. The van der Waals surface area contributed by atoms with E-state index in [1.54, 1.807) is 0 Å². The van der Waals surface area contributed by atoms with Gasteiger partial charge in [-0.25, -0.2) is 0 Å². The van der Waals surface area contributed by atoms with Gasteiger partial charge >= 0.3 is 0 Å². The fraction of sp³-hybridized carbons (Fsp3) is 0.625. The van der Waals surface area contributed by atoms with Crippen molar-refractivity contribution in [2.24, 2.45) is 0 Å². The van der Waals surface area contributed by atoms with Gasteiger partial charge in [-0.3, -0.25) is 0 Å². The molecule has 1 rings (SSSR count). The van der Waals surface area contributed by atoms with Crippen LogP contribution in [0.4, 0.5) is 5.69 Å². The summed E-state index contributed by atoms with van der Waals surface area (Å²) in [5.41, 5.74) is 1.21. The molecule has 0 bridgehead atoms. The van der Waals surface area contributed by atoms with Crippen LogP contribution in [0.1, 0.15) is 34.6 Å². The van der Waals surface area contributed by atoms with Crippen LogP contribution < -0.4 is 10.2 Å². The van der Waals surface area contributed by atoms with Gasteiger partial charge in [-0.2, -0.15) is 0 Å². The van der Waals surface area contributed by atoms with E-state index in [-0.39, 0.29) is 15.1 Å². The molecule has 0 saturated carbocycles. The molecule has 1 aromatic rings. The minimum absolute atomic E-state index is 0.129. The van der Waals surface area contributed by atoms with Gasteiger partial charge in [0.2, 0.25) is 0 Å². The molecule has 0 amide bonds. The van der Waals surface area contributed by atoms with E-state index in [4.69, 9.17) is 23.2 Å². The van der Waals surface area contributed by atoms with Crippen molar-refractivity contribution < 1.29 is 0 Å². The van der Waals surface area contributed by atoms with Crippen LogP contribution in [0.2, 0.25) is 0 Å². The lowest BCUT2D eigenvalue weighted by Gasteiger charge is -2.44. The molecule has 4 heteroatoms. The molecule has 20 heavy (non-hydrogen) atoms. The Morgan fingerprint density at radius 2 is 1.40 bits per heavy atom. The second-order valence-electron chi connectivity index (χ2n) is 6.87. The number of halogens is 2. The minimum Gasteiger partial charge on any atom is -0.378 e. The number of benzene rings is 1. The smallest absolute Gasteiger partial charge is 0.117 e. The Labute approximate surface area is 135 Å². The first-order valence-corrected chi connectivity index (χ1v) is 9.05. The zero-order valence-corrected chi connectivity index (χ0v) is 15.9. The fourth-order valence-electron chi connectivity index (χ4n) is 2.58. The lowest BCUT2D eigenvalue weighted by molar-refractivity contribution is 0.700. The quantitative estimate of drug-likeness (QED) is 0.538. The molecule has 0 heterocycles. The molecule has 0 N–H and O–H groups in total. The summed E-state index contributed by atoms with van der Waals surface area (Å²) in [7, 11) is 3.62. The van der Waals surface area contributed by atoms with Crippen molar-refractivity contribution in [2.45, 2.75) is 49.8 Å². The molecule has 114 valence electrons. The molecule has 0 saturated heterocycles. The van der Waals surface area contributed by atoms with Crippen LogP contribution in [0.5, 0.6) is 0 Å². The lowest BCUT2D eigenvalue weighted by Crippen LogP contribution is -2.37. The topological polar surface area (TPSA) is 3.24 Å². The SMILES string of the molecule is CN(C)c1ccc(P(C(C)(C)C)C(C)(C)C(Cl)Cl)cc1. The summed E-state index contributed by atoms with van der Waals surface area (Å²) >= 11 is 12.6. The van der Waals surface area contributed by atoms with Crippen molar-refractivity contribution in [1.29, 1.82) is 0 Å². The van der Waals surface area contributed by atoms with Crippen LogP contribution >= 0.6 is 31.1 Å². The zero-order chi connectivity index (χ0) is 15.7. The Bertz CT molecular complexity index is 433. The predicted octanol–water partition coefficient (Wildman–Crippen LogP) is 5.24. The van der Waals surface area contributed by atoms with E-state index in [2.05, 4.69) is 77.9 Å². The maximum atomic E-state index is 6.28. The Hall–Kier alpha value is 0.0300. The van der Waals surface area contributed by atoms with Crippen LogP contribution in [0.3, 0.4) is 0 Å². The van der Waals surface area contributed by atoms with Gasteiger partial charge in [0, 0.05) is 24.9 Å². The predicted molar refractivity (Wildman–Crippen MR) is 96.6 cm³/mol. The normalized spacial score (nSPS) is 14.5. The fourth-order valence-corrected chi connectivity index (χ4v) is 6.98. The second-order valence-corrected chi connectivity index (χ2v) is 11.6. The van der Waals surface area contributed by atoms with Crippen molar-refractivity contribution >= 4 is 42.1 Å². The van der Waals surface area contributed by atoms with Crippen LogP contribution in [-0.4, -0.2) is 29.2 Å². The first-order chi connectivity index (χ1) is 8.98. The third kappa shape index (κ3) is 4.03. The highest BCUT2D eigenvalue weighted by Gasteiger charge is 2.42. The molecular weight excluding hydrogens is 308 g/mol. The van der Waals surface area contributed by atoms with Crippen molar-refractivity contribution in [2.75, 3.05) is 19.0 Å². The molecule has 1 aromatic carbocycles. The summed E-state index contributed by atoms with van der Waals surface area (Å²) in [6, 6.07) is 8.79. The summed E-state index contributed by atoms with van der Waals surface area (Å²) in [6.07, 6.45) is 0. The van der Waals surface area contributed by atoms with Gasteiger partial charge in [0.1, 0.15) is 4.84 Å². The van der Waals surface area contributed by atoms with E-state index in [9.17, 15) is 0 Å². The highest BCUT2D eigenvalue weighted by molar-refractivity contribution is 7.68. The standard InChI is InChI=1S/C16H26Cl2NP/c1-15(2,3)20(16(4,5)14(17)18)13-10-8-12(9-11-13)19(6)7/h8-11,14H,1-7H3. The molecule has 0 fully saturated rings. The van der Waals surface area contributed by atoms with Crippen LogP contribution in [0.25, 0.3) is 0 Å². The molecule has 0 aromatic heterocycles. The van der Waals surface area contributed by atoms with Gasteiger partial charge < -0.3 is 4.90 Å². The first kappa shape index (κ1) is 18.1. The monoisotopic (exact) mass is 333 g/mol. The molecule has 0 aliphatic carbocycles. The summed E-state index contributed by atoms with van der Waals surface area (Å²) in [6.45, 7) is 11.2. The summed E-state index contributed by atoms with van der Waals surface area (Å²) in [4.78, 5) is 1.74. The van der Waals surface area contributed by atoms with E-state index in [1.807, 2.05) is 0 Å². The van der Waals surface area contributed by atoms with Gasteiger partial charge in [0.25, 0.3) is 0 Å². The van der Waals surface area contributed by atoms with Crippen molar-refractivity contribution in [1.82, 2.24) is 0 Å². The Balaban J connectivity index is 3.26. The van der Waals surface area contributed by atoms with Gasteiger partial charge in [0.15, 0.2) is 0 Å². The maximum Gasteiger partial charge on any atom is 0.117 e. The largest absolute Gasteiger partial charge is 0.378 e. The average Bonchev–Trinajstić information content (AvgIpc) is 2.27. The Morgan fingerprint density at radius 1 is 0.950 bits per heavy atom. The maximum absolute atomic E-state index is 6.28. The van der Waals surface area contributed by atoms with Crippen molar-refractivity contribution in [3.63, 3.8) is 0 Å². The van der Waals surface area contributed by atoms with Gasteiger partial charge in [-0.05, 0) is 22.6 Å². The number of anilines is 1. The van der Waals surface area contributed by atoms with E-state index in [1.165, 1.54) is 11.0 Å². The zero-order valence-electron chi connectivity index (χ0n) is 13.5. The average molecular weight is 334 g/mol. The minimum atomic E-state index is -0.494. The third-order valence-electron chi connectivity index (χ3n) is 3.41. The van der Waals surface area contributed by atoms with Gasteiger partial charge in [-0.15, -0.1) is 23.2 Å². The molecule has 1 nitrogen and oxygen atoms in total. The van der Waals surface area contributed by atoms with E-state index in [0.29, 0.717) is 0 Å². The molecule has 0 aliphatic heterocycles. The summed E-state index contributed by atoms with van der Waals surface area (Å²) < 4.78 is 0. The molecule has 1 atom stereocenters. The molecular formula is C16H26Cl2NP. The Kier molecular flexibility index (Phi) is 5.81. The third-order valence-corrected chi connectivity index (χ3v) is 8.37. The molecule has 0 radical (unpaired) electrons.